The molecule has 0 radical (unpaired) electrons. The molecule has 0 aliphatic carbocycles. The zero-order valence-corrected chi connectivity index (χ0v) is 52.7. The van der Waals surface area contributed by atoms with Crippen molar-refractivity contribution >= 4 is 23.3 Å². The molecular weight excluding hydrogens is 1090 g/mol. The normalized spacial score (nSPS) is 10.9. The molecule has 0 bridgehead atoms. The first-order chi connectivity index (χ1) is 42.1. The Morgan fingerprint density at radius 1 is 0.273 bits per heavy atom. The van der Waals surface area contributed by atoms with Crippen LogP contribution in [-0.4, -0.2) is 58.1 Å². The molecule has 12 aromatic rings. The Hall–Kier alpha value is -10.5. The molecule has 0 aromatic carbocycles. The van der Waals surface area contributed by atoms with Crippen molar-refractivity contribution in [2.45, 2.75) is 109 Å². The summed E-state index contributed by atoms with van der Waals surface area (Å²) in [5, 5.41) is 0. The van der Waals surface area contributed by atoms with Gasteiger partial charge < -0.3 is 41.2 Å². The number of aromatic nitrogens is 12. The van der Waals surface area contributed by atoms with E-state index in [4.69, 9.17) is 37.9 Å². The van der Waals surface area contributed by atoms with Crippen molar-refractivity contribution in [3.8, 4) is 23.3 Å². The Balaban J connectivity index is 0.000000145. The molecule has 0 saturated heterocycles. The molecule has 0 atom stereocenters. The van der Waals surface area contributed by atoms with Crippen molar-refractivity contribution in [1.82, 2.24) is 58.1 Å². The van der Waals surface area contributed by atoms with Gasteiger partial charge in [0.1, 0.15) is 46.5 Å². The van der Waals surface area contributed by atoms with Gasteiger partial charge >= 0.3 is 0 Å². The number of nitrogens with two attached hydrogens (primary N) is 4. The average Bonchev–Trinajstić information content (AvgIpc) is 2.47. The first kappa shape index (κ1) is 62.1. The van der Waals surface area contributed by atoms with Crippen molar-refractivity contribution in [2.24, 2.45) is 0 Å². The Bertz CT molecular complexity index is 4220. The zero-order chi connectivity index (χ0) is 62.8. The highest BCUT2D eigenvalue weighted by Crippen LogP contribution is 2.26. The summed E-state index contributed by atoms with van der Waals surface area (Å²) in [6.07, 6.45) is 2.94. The smallest absolute Gasteiger partial charge is 0.143 e. The second kappa shape index (κ2) is 27.7. The molecule has 8 N–H and O–H groups in total. The lowest BCUT2D eigenvalue weighted by molar-refractivity contribution is 0.854. The van der Waals surface area contributed by atoms with Gasteiger partial charge in [0.2, 0.25) is 0 Å². The maximum atomic E-state index is 5.79. The summed E-state index contributed by atoms with van der Waals surface area (Å²) in [6, 6.07) is 57.3. The van der Waals surface area contributed by atoms with E-state index in [2.05, 4.69) is 196 Å². The van der Waals surface area contributed by atoms with Gasteiger partial charge in [0.25, 0.3) is 0 Å². The van der Waals surface area contributed by atoms with Gasteiger partial charge in [-0.1, -0.05) is 36.4 Å². The van der Waals surface area contributed by atoms with Crippen molar-refractivity contribution in [3.05, 3.63) is 283 Å². The SMILES string of the molecule is Cc1cccc(Cc2cc(-n3c(C)ccc3C)nc(-n3c(C)ccc3C)c2)n1.Cc1cccc(Cc2cc(N)nc(N)c2)n1.Cc1cccc(Cc2ccc(-n3c(C)ccc3C)nc2-n2c(C)ccc2C)n1.Cc1cccc(Cc2ccc(N)nc2N)n1. The van der Waals surface area contributed by atoms with Crippen molar-refractivity contribution < 1.29 is 0 Å². The molecule has 0 amide bonds. The fraction of sp³-hybridized carbons (Fsp3) is 0.222. The number of aryl methyl sites for hydroxylation is 12. The predicted molar refractivity (Wildman–Crippen MR) is 357 cm³/mol. The quantitative estimate of drug-likeness (QED) is 0.0896. The lowest BCUT2D eigenvalue weighted by Gasteiger charge is -2.17. The molecule has 0 unspecified atom stereocenters. The molecule has 16 heteroatoms. The van der Waals surface area contributed by atoms with Gasteiger partial charge in [0.05, 0.1) is 0 Å². The first-order valence-electron chi connectivity index (χ1n) is 29.5. The van der Waals surface area contributed by atoms with E-state index >= 15 is 0 Å². The number of nitrogens with zero attached hydrogens (tertiary/aromatic N) is 12. The van der Waals surface area contributed by atoms with Crippen molar-refractivity contribution in [1.29, 1.82) is 0 Å². The first-order valence-corrected chi connectivity index (χ1v) is 29.5. The molecule has 0 spiro atoms. The van der Waals surface area contributed by atoms with E-state index in [1.54, 1.807) is 6.07 Å². The summed E-state index contributed by atoms with van der Waals surface area (Å²) >= 11 is 0. The molecule has 88 heavy (non-hydrogen) atoms. The van der Waals surface area contributed by atoms with E-state index in [0.717, 1.165) is 99.2 Å². The van der Waals surface area contributed by atoms with E-state index in [0.29, 0.717) is 29.7 Å². The molecule has 12 heterocycles. The lowest BCUT2D eigenvalue weighted by atomic mass is 10.1. The van der Waals surface area contributed by atoms with Crippen molar-refractivity contribution in [2.75, 3.05) is 22.9 Å². The Kier molecular flexibility index (Phi) is 19.5. The van der Waals surface area contributed by atoms with E-state index in [-0.39, 0.29) is 0 Å². The highest BCUT2D eigenvalue weighted by molar-refractivity contribution is 5.50. The number of pyridine rings is 8. The van der Waals surface area contributed by atoms with Crippen molar-refractivity contribution in [3.63, 3.8) is 0 Å². The van der Waals surface area contributed by atoms with Gasteiger partial charge in [-0.3, -0.25) is 19.9 Å². The minimum Gasteiger partial charge on any atom is -0.384 e. The third-order valence-electron chi connectivity index (χ3n) is 15.0. The average molecular weight is 1170 g/mol. The van der Waals surface area contributed by atoms with Crippen LogP contribution in [0.25, 0.3) is 23.3 Å². The number of hydrogen-bond acceptors (Lipinski definition) is 12. The number of hydrogen-bond donors (Lipinski definition) is 4. The fourth-order valence-electron chi connectivity index (χ4n) is 10.9. The van der Waals surface area contributed by atoms with Crippen LogP contribution in [0.1, 0.15) is 113 Å². The minimum atomic E-state index is 0.443. The Labute approximate surface area is 517 Å². The number of rotatable bonds is 12. The maximum absolute atomic E-state index is 5.79. The van der Waals surface area contributed by atoms with E-state index in [1.807, 2.05) is 94.4 Å². The third kappa shape index (κ3) is 15.7. The molecule has 0 saturated carbocycles. The Morgan fingerprint density at radius 3 is 1.00 bits per heavy atom. The largest absolute Gasteiger partial charge is 0.384 e. The van der Waals surface area contributed by atoms with Gasteiger partial charge in [-0.05, 0) is 228 Å². The van der Waals surface area contributed by atoms with Gasteiger partial charge in [-0.25, -0.2) is 19.9 Å². The zero-order valence-electron chi connectivity index (χ0n) is 52.7. The molecular formula is C72H80N16. The third-order valence-corrected chi connectivity index (χ3v) is 15.0. The highest BCUT2D eigenvalue weighted by Gasteiger charge is 2.17. The summed E-state index contributed by atoms with van der Waals surface area (Å²) in [5.74, 6) is 5.64. The van der Waals surface area contributed by atoms with Crippen LogP contribution in [0.2, 0.25) is 0 Å². The van der Waals surface area contributed by atoms with E-state index < -0.39 is 0 Å². The van der Waals surface area contributed by atoms with Crippen LogP contribution in [0.4, 0.5) is 23.3 Å². The number of nitrogen functional groups attached to an aromatic ring is 4. The Morgan fingerprint density at radius 2 is 0.614 bits per heavy atom. The fourth-order valence-corrected chi connectivity index (χ4v) is 10.9. The van der Waals surface area contributed by atoms with Crippen LogP contribution < -0.4 is 22.9 Å². The van der Waals surface area contributed by atoms with E-state index in [1.165, 1.54) is 56.7 Å². The van der Waals surface area contributed by atoms with Gasteiger partial charge in [-0.2, -0.15) is 0 Å². The topological polar surface area (TPSA) is 227 Å². The molecule has 0 aliphatic heterocycles. The summed E-state index contributed by atoms with van der Waals surface area (Å²) in [6.45, 7) is 25.0. The maximum Gasteiger partial charge on any atom is 0.143 e. The summed E-state index contributed by atoms with van der Waals surface area (Å²) in [7, 11) is 0. The lowest BCUT2D eigenvalue weighted by Crippen LogP contribution is -2.11. The molecule has 448 valence electrons. The molecule has 12 aromatic heterocycles. The van der Waals surface area contributed by atoms with Crippen LogP contribution in [0.15, 0.2) is 170 Å². The molecule has 16 nitrogen and oxygen atoms in total. The molecule has 0 fully saturated rings. The summed E-state index contributed by atoms with van der Waals surface area (Å²) in [5.41, 5.74) is 44.6. The monoisotopic (exact) mass is 1170 g/mol. The minimum absolute atomic E-state index is 0.443. The summed E-state index contributed by atoms with van der Waals surface area (Å²) in [4.78, 5) is 36.3. The molecule has 12 rings (SSSR count). The van der Waals surface area contributed by atoms with Crippen LogP contribution in [0.3, 0.4) is 0 Å². The summed E-state index contributed by atoms with van der Waals surface area (Å²) < 4.78 is 8.87. The predicted octanol–water partition coefficient (Wildman–Crippen LogP) is 13.5. The van der Waals surface area contributed by atoms with Gasteiger partial charge in [0.15, 0.2) is 0 Å². The van der Waals surface area contributed by atoms with Crippen LogP contribution >= 0.6 is 0 Å². The standard InChI is InChI=1S/2C24H26N4.2C12H14N4/c1-16-7-6-8-22(25-16)13-21-14-23(27-17(2)9-10-18(27)3)26-24(15-21)28-19(4)11-12-20(28)5;1-16-7-6-8-22(25-16)15-21-13-14-23(27-17(2)9-10-18(27)3)26-24(21)28-19(4)11-12-20(28)5;1-8-3-2-4-10(15-8)5-9-6-11(13)16-12(14)7-9;1-8-3-2-4-10(15-8)7-9-5-6-11(13)16-12(9)14/h6-12,14-15H,13H2,1-5H3;6-14H,15H2,1-5H3;2-4,6-7H,5H2,1H3,(H4,13,14,16);2-6H,7H2,1H3,(H4,13,14,16). The van der Waals surface area contributed by atoms with E-state index in [9.17, 15) is 0 Å². The van der Waals surface area contributed by atoms with Crippen LogP contribution in [0.5, 0.6) is 0 Å². The van der Waals surface area contributed by atoms with Gasteiger partial charge in [0, 0.05) is 128 Å². The van der Waals surface area contributed by atoms with Gasteiger partial charge in [-0.15, -0.1) is 0 Å². The van der Waals surface area contributed by atoms with Crippen LogP contribution in [-0.2, 0) is 25.7 Å². The number of anilines is 4. The van der Waals surface area contributed by atoms with Crippen LogP contribution in [0, 0.1) is 83.1 Å². The molecule has 0 aliphatic rings. The second-order valence-corrected chi connectivity index (χ2v) is 22.5. The second-order valence-electron chi connectivity index (χ2n) is 22.5. The highest BCUT2D eigenvalue weighted by atomic mass is 15.2.